The highest BCUT2D eigenvalue weighted by Gasteiger charge is 2.12. The fraction of sp³-hybridized carbons (Fsp3) is 0.333. The Labute approximate surface area is 134 Å². The number of para-hydroxylation sites is 1. The van der Waals surface area contributed by atoms with E-state index in [1.807, 2.05) is 38.2 Å². The smallest absolute Gasteiger partial charge is 0.270 e. The molecule has 5 heteroatoms. The maximum atomic E-state index is 12.2. The lowest BCUT2D eigenvalue weighted by Gasteiger charge is -2.08. The van der Waals surface area contributed by atoms with Crippen LogP contribution in [-0.4, -0.2) is 20.1 Å². The summed E-state index contributed by atoms with van der Waals surface area (Å²) in [5, 5.41) is 11.2. The summed E-state index contributed by atoms with van der Waals surface area (Å²) in [6.07, 6.45) is 3.76. The van der Waals surface area contributed by atoms with Gasteiger partial charge in [-0.05, 0) is 36.8 Å². The van der Waals surface area contributed by atoms with Crippen LogP contribution < -0.4 is 5.56 Å². The van der Waals surface area contributed by atoms with Crippen molar-refractivity contribution in [2.45, 2.75) is 33.1 Å². The van der Waals surface area contributed by atoms with Crippen molar-refractivity contribution in [1.29, 1.82) is 0 Å². The zero-order valence-corrected chi connectivity index (χ0v) is 13.4. The van der Waals surface area contributed by atoms with Gasteiger partial charge in [0.15, 0.2) is 0 Å². The van der Waals surface area contributed by atoms with Crippen LogP contribution in [0.4, 0.5) is 0 Å². The number of rotatable bonds is 5. The molecule has 0 fully saturated rings. The van der Waals surface area contributed by atoms with E-state index in [-0.39, 0.29) is 11.4 Å². The lowest BCUT2D eigenvalue weighted by molar-refractivity contribution is 0.431. The molecule has 2 aromatic heterocycles. The average Bonchev–Trinajstić information content (AvgIpc) is 2.92. The molecular weight excluding hydrogens is 290 g/mol. The molecule has 3 N–H and O–H groups in total. The van der Waals surface area contributed by atoms with E-state index in [1.165, 1.54) is 0 Å². The minimum Gasteiger partial charge on any atom is -0.492 e. The zero-order chi connectivity index (χ0) is 16.4. The molecule has 0 radical (unpaired) electrons. The summed E-state index contributed by atoms with van der Waals surface area (Å²) >= 11 is 0. The van der Waals surface area contributed by atoms with Gasteiger partial charge in [0.2, 0.25) is 5.88 Å². The van der Waals surface area contributed by atoms with Gasteiger partial charge in [-0.3, -0.25) is 4.79 Å². The second-order valence-corrected chi connectivity index (χ2v) is 6.27. The van der Waals surface area contributed by atoms with Crippen LogP contribution in [0.15, 0.2) is 35.3 Å². The number of benzene rings is 1. The number of aromatic amines is 2. The third kappa shape index (κ3) is 3.28. The standard InChI is InChI=1S/C18H21N3O2/c1-11(2)9-16-18(23)20-15(17(22)21-16)8-7-12-10-19-14-6-4-3-5-13(12)14/h3-6,10-11,19H,7-9H2,1-2H3,(H,20,23)(H,21,22). The van der Waals surface area contributed by atoms with Gasteiger partial charge in [-0.2, -0.15) is 0 Å². The van der Waals surface area contributed by atoms with Crippen molar-refractivity contribution in [3.05, 3.63) is 57.8 Å². The van der Waals surface area contributed by atoms with E-state index in [2.05, 4.69) is 21.0 Å². The van der Waals surface area contributed by atoms with Crippen LogP contribution in [0.5, 0.6) is 5.88 Å². The van der Waals surface area contributed by atoms with E-state index in [0.717, 1.165) is 16.5 Å². The van der Waals surface area contributed by atoms with E-state index in [4.69, 9.17) is 0 Å². The predicted octanol–water partition coefficient (Wildman–Crippen LogP) is 2.94. The number of H-pyrrole nitrogens is 2. The number of aryl methyl sites for hydroxylation is 2. The Bertz CT molecular complexity index is 877. The number of nitrogens with one attached hydrogen (secondary N) is 2. The fourth-order valence-corrected chi connectivity index (χ4v) is 2.82. The highest BCUT2D eigenvalue weighted by molar-refractivity contribution is 5.83. The van der Waals surface area contributed by atoms with Crippen molar-refractivity contribution in [3.8, 4) is 5.88 Å². The summed E-state index contributed by atoms with van der Waals surface area (Å²) < 4.78 is 0. The molecule has 0 aliphatic rings. The molecule has 120 valence electrons. The van der Waals surface area contributed by atoms with Crippen molar-refractivity contribution in [2.75, 3.05) is 0 Å². The highest BCUT2D eigenvalue weighted by Crippen LogP contribution is 2.19. The van der Waals surface area contributed by atoms with Crippen LogP contribution in [0.25, 0.3) is 10.9 Å². The lowest BCUT2D eigenvalue weighted by Crippen LogP contribution is -2.18. The summed E-state index contributed by atoms with van der Waals surface area (Å²) in [5.41, 5.74) is 2.91. The van der Waals surface area contributed by atoms with Gasteiger partial charge in [-0.15, -0.1) is 0 Å². The van der Waals surface area contributed by atoms with E-state index >= 15 is 0 Å². The van der Waals surface area contributed by atoms with Crippen molar-refractivity contribution in [2.24, 2.45) is 5.92 Å². The second kappa shape index (κ2) is 6.28. The molecular formula is C18H21N3O2. The van der Waals surface area contributed by atoms with Crippen LogP contribution in [0.2, 0.25) is 0 Å². The summed E-state index contributed by atoms with van der Waals surface area (Å²) in [5.74, 6) is 0.280. The topological polar surface area (TPSA) is 81.8 Å². The number of aromatic nitrogens is 3. The van der Waals surface area contributed by atoms with Gasteiger partial charge in [0.05, 0.1) is 5.69 Å². The number of fused-ring (bicyclic) bond motifs is 1. The van der Waals surface area contributed by atoms with Crippen molar-refractivity contribution >= 4 is 10.9 Å². The molecule has 0 aliphatic heterocycles. The van der Waals surface area contributed by atoms with Gasteiger partial charge in [-0.1, -0.05) is 32.0 Å². The number of hydrogen-bond acceptors (Lipinski definition) is 3. The van der Waals surface area contributed by atoms with Crippen molar-refractivity contribution in [3.63, 3.8) is 0 Å². The monoisotopic (exact) mass is 311 g/mol. The van der Waals surface area contributed by atoms with Crippen LogP contribution in [0.1, 0.15) is 30.8 Å². The largest absolute Gasteiger partial charge is 0.492 e. The zero-order valence-electron chi connectivity index (χ0n) is 13.4. The molecule has 5 nitrogen and oxygen atoms in total. The van der Waals surface area contributed by atoms with Crippen LogP contribution in [-0.2, 0) is 19.3 Å². The van der Waals surface area contributed by atoms with Crippen molar-refractivity contribution in [1.82, 2.24) is 15.0 Å². The summed E-state index contributed by atoms with van der Waals surface area (Å²) in [7, 11) is 0. The molecule has 0 amide bonds. The highest BCUT2D eigenvalue weighted by atomic mass is 16.3. The maximum Gasteiger partial charge on any atom is 0.270 e. The molecule has 3 rings (SSSR count). The Kier molecular flexibility index (Phi) is 4.19. The Morgan fingerprint density at radius 2 is 2.00 bits per heavy atom. The van der Waals surface area contributed by atoms with Crippen LogP contribution >= 0.6 is 0 Å². The quantitative estimate of drug-likeness (QED) is 0.677. The average molecular weight is 311 g/mol. The van der Waals surface area contributed by atoms with Gasteiger partial charge in [0.1, 0.15) is 5.69 Å². The molecule has 0 unspecified atom stereocenters. The molecule has 0 saturated heterocycles. The fourth-order valence-electron chi connectivity index (χ4n) is 2.82. The Hall–Kier alpha value is -2.56. The number of nitrogens with zero attached hydrogens (tertiary/aromatic N) is 1. The Balaban J connectivity index is 1.81. The second-order valence-electron chi connectivity index (χ2n) is 6.27. The van der Waals surface area contributed by atoms with Gasteiger partial charge < -0.3 is 15.1 Å². The van der Waals surface area contributed by atoms with Crippen LogP contribution in [0.3, 0.4) is 0 Å². The van der Waals surface area contributed by atoms with E-state index in [1.54, 1.807) is 0 Å². The number of aromatic hydroxyl groups is 1. The van der Waals surface area contributed by atoms with Gasteiger partial charge in [-0.25, -0.2) is 4.98 Å². The SMILES string of the molecule is CC(C)Cc1[nH]c(=O)c(CCc2c[nH]c3ccccc23)nc1O. The summed E-state index contributed by atoms with van der Waals surface area (Å²) in [6, 6.07) is 8.07. The Morgan fingerprint density at radius 3 is 2.78 bits per heavy atom. The minimum atomic E-state index is -0.210. The number of hydrogen-bond donors (Lipinski definition) is 3. The molecule has 0 spiro atoms. The van der Waals surface area contributed by atoms with Gasteiger partial charge in [0.25, 0.3) is 5.56 Å². The molecule has 0 aliphatic carbocycles. The predicted molar refractivity (Wildman–Crippen MR) is 90.8 cm³/mol. The third-order valence-corrected chi connectivity index (χ3v) is 3.96. The first-order valence-corrected chi connectivity index (χ1v) is 7.90. The minimum absolute atomic E-state index is 0.0628. The molecule has 1 aromatic carbocycles. The lowest BCUT2D eigenvalue weighted by atomic mass is 10.1. The first-order valence-electron chi connectivity index (χ1n) is 7.90. The first-order chi connectivity index (χ1) is 11.0. The van der Waals surface area contributed by atoms with E-state index in [9.17, 15) is 9.90 Å². The maximum absolute atomic E-state index is 12.2. The van der Waals surface area contributed by atoms with Crippen LogP contribution in [0, 0.1) is 5.92 Å². The molecule has 23 heavy (non-hydrogen) atoms. The van der Waals surface area contributed by atoms with Gasteiger partial charge >= 0.3 is 0 Å². The molecule has 0 bridgehead atoms. The van der Waals surface area contributed by atoms with Gasteiger partial charge in [0, 0.05) is 17.1 Å². The van der Waals surface area contributed by atoms with E-state index in [0.29, 0.717) is 36.6 Å². The molecule has 3 aromatic rings. The molecule has 0 saturated carbocycles. The molecule has 2 heterocycles. The van der Waals surface area contributed by atoms with E-state index < -0.39 is 0 Å². The third-order valence-electron chi connectivity index (χ3n) is 3.96. The van der Waals surface area contributed by atoms with Crippen molar-refractivity contribution < 1.29 is 5.11 Å². The normalized spacial score (nSPS) is 11.4. The summed E-state index contributed by atoms with van der Waals surface area (Å²) in [4.78, 5) is 22.3. The Morgan fingerprint density at radius 1 is 1.22 bits per heavy atom. The summed E-state index contributed by atoms with van der Waals surface area (Å²) in [6.45, 7) is 4.06. The first kappa shape index (κ1) is 15.3. The molecule has 0 atom stereocenters.